The molecule has 0 saturated carbocycles. The Labute approximate surface area is 131 Å². The number of fused-ring (bicyclic) bond motifs is 1. The van der Waals surface area contributed by atoms with Crippen LogP contribution >= 0.6 is 27.3 Å². The van der Waals surface area contributed by atoms with Crippen LogP contribution in [0.5, 0.6) is 0 Å². The Morgan fingerprint density at radius 3 is 2.86 bits per heavy atom. The smallest absolute Gasteiger partial charge is 0.258 e. The van der Waals surface area contributed by atoms with Crippen molar-refractivity contribution >= 4 is 54.2 Å². The lowest BCUT2D eigenvalue weighted by Gasteiger charge is -2.06. The molecule has 0 aliphatic heterocycles. The molecule has 1 amide bonds. The van der Waals surface area contributed by atoms with Crippen molar-refractivity contribution < 1.29 is 9.18 Å². The topological polar surface area (TPSA) is 68.0 Å². The van der Waals surface area contributed by atoms with Gasteiger partial charge < -0.3 is 5.73 Å². The Balaban J connectivity index is 1.91. The first-order valence-corrected chi connectivity index (χ1v) is 7.57. The van der Waals surface area contributed by atoms with Crippen LogP contribution < -0.4 is 11.1 Å². The van der Waals surface area contributed by atoms with Crippen molar-refractivity contribution in [3.05, 3.63) is 52.3 Å². The van der Waals surface area contributed by atoms with Crippen molar-refractivity contribution in [1.29, 1.82) is 0 Å². The van der Waals surface area contributed by atoms with Crippen molar-refractivity contribution in [3.8, 4) is 0 Å². The quantitative estimate of drug-likeness (QED) is 0.673. The predicted molar refractivity (Wildman–Crippen MR) is 86.1 cm³/mol. The van der Waals surface area contributed by atoms with Gasteiger partial charge in [0.15, 0.2) is 5.13 Å². The Morgan fingerprint density at radius 2 is 2.10 bits per heavy atom. The van der Waals surface area contributed by atoms with Gasteiger partial charge >= 0.3 is 0 Å². The summed E-state index contributed by atoms with van der Waals surface area (Å²) >= 11 is 4.53. The molecule has 0 spiro atoms. The first-order chi connectivity index (χ1) is 10.0. The summed E-state index contributed by atoms with van der Waals surface area (Å²) in [5, 5.41) is 3.18. The van der Waals surface area contributed by atoms with E-state index in [-0.39, 0.29) is 11.3 Å². The summed E-state index contributed by atoms with van der Waals surface area (Å²) in [6, 6.07) is 10.0. The van der Waals surface area contributed by atoms with Crippen LogP contribution in [0.15, 0.2) is 40.9 Å². The maximum atomic E-state index is 13.3. The second-order valence-corrected chi connectivity index (χ2v) is 6.18. The third-order valence-electron chi connectivity index (χ3n) is 2.85. The first kappa shape index (κ1) is 14.0. The second kappa shape index (κ2) is 5.42. The van der Waals surface area contributed by atoms with Gasteiger partial charge in [-0.25, -0.2) is 9.37 Å². The number of aromatic nitrogens is 1. The SMILES string of the molecule is Nc1cc(C(=O)Nc2nc3ccccc3s2)c(Br)cc1F. The molecule has 0 radical (unpaired) electrons. The van der Waals surface area contributed by atoms with Crippen LogP contribution in [0.4, 0.5) is 15.2 Å². The molecule has 21 heavy (non-hydrogen) atoms. The number of carbonyl (C=O) groups is 1. The number of carbonyl (C=O) groups excluding carboxylic acids is 1. The normalized spacial score (nSPS) is 10.8. The maximum absolute atomic E-state index is 13.3. The number of thiazole rings is 1. The number of amides is 1. The minimum atomic E-state index is -0.571. The standard InChI is InChI=1S/C14H9BrFN3OS/c15-8-6-9(16)10(17)5-7(8)13(20)19-14-18-11-3-1-2-4-12(11)21-14/h1-6H,17H2,(H,18,19,20). The van der Waals surface area contributed by atoms with Gasteiger partial charge in [-0.05, 0) is 40.2 Å². The first-order valence-electron chi connectivity index (χ1n) is 5.96. The van der Waals surface area contributed by atoms with Gasteiger partial charge in [-0.3, -0.25) is 10.1 Å². The number of halogens is 2. The van der Waals surface area contributed by atoms with E-state index in [0.717, 1.165) is 10.2 Å². The average molecular weight is 366 g/mol. The van der Waals surface area contributed by atoms with E-state index in [2.05, 4.69) is 26.2 Å². The second-order valence-electron chi connectivity index (χ2n) is 4.29. The average Bonchev–Trinajstić information content (AvgIpc) is 2.84. The summed E-state index contributed by atoms with van der Waals surface area (Å²) < 4.78 is 14.6. The summed E-state index contributed by atoms with van der Waals surface area (Å²) in [6.07, 6.45) is 0. The zero-order valence-corrected chi connectivity index (χ0v) is 13.0. The van der Waals surface area contributed by atoms with Crippen LogP contribution in [-0.2, 0) is 0 Å². The molecule has 7 heteroatoms. The Bertz CT molecular complexity index is 816. The lowest BCUT2D eigenvalue weighted by molar-refractivity contribution is 0.102. The van der Waals surface area contributed by atoms with Crippen LogP contribution in [0.1, 0.15) is 10.4 Å². The number of nitrogens with two attached hydrogens (primary N) is 1. The van der Waals surface area contributed by atoms with Gasteiger partial charge in [-0.15, -0.1) is 0 Å². The molecular weight excluding hydrogens is 357 g/mol. The van der Waals surface area contributed by atoms with Crippen molar-refractivity contribution in [3.63, 3.8) is 0 Å². The van der Waals surface area contributed by atoms with Gasteiger partial charge in [0.1, 0.15) is 5.82 Å². The number of benzene rings is 2. The lowest BCUT2D eigenvalue weighted by atomic mass is 10.2. The van der Waals surface area contributed by atoms with E-state index in [0.29, 0.717) is 9.60 Å². The number of para-hydroxylation sites is 1. The van der Waals surface area contributed by atoms with E-state index in [4.69, 9.17) is 5.73 Å². The summed E-state index contributed by atoms with van der Waals surface area (Å²) in [4.78, 5) is 16.5. The fourth-order valence-electron chi connectivity index (χ4n) is 1.83. The van der Waals surface area contributed by atoms with Gasteiger partial charge in [-0.1, -0.05) is 23.5 Å². The van der Waals surface area contributed by atoms with Gasteiger partial charge in [-0.2, -0.15) is 0 Å². The third-order valence-corrected chi connectivity index (χ3v) is 4.45. The minimum Gasteiger partial charge on any atom is -0.396 e. The highest BCUT2D eigenvalue weighted by molar-refractivity contribution is 9.10. The Morgan fingerprint density at radius 1 is 1.33 bits per heavy atom. The van der Waals surface area contributed by atoms with Crippen LogP contribution in [0, 0.1) is 5.82 Å². The molecule has 3 rings (SSSR count). The summed E-state index contributed by atoms with van der Waals surface area (Å²) in [7, 11) is 0. The summed E-state index contributed by atoms with van der Waals surface area (Å²) in [5.74, 6) is -0.967. The summed E-state index contributed by atoms with van der Waals surface area (Å²) in [6.45, 7) is 0. The molecule has 0 atom stereocenters. The molecule has 3 N–H and O–H groups in total. The zero-order valence-electron chi connectivity index (χ0n) is 10.6. The van der Waals surface area contributed by atoms with Crippen LogP contribution in [0.25, 0.3) is 10.2 Å². The Kier molecular flexibility index (Phi) is 3.60. The number of hydrogen-bond acceptors (Lipinski definition) is 4. The van der Waals surface area contributed by atoms with Gasteiger partial charge in [0, 0.05) is 4.47 Å². The molecule has 1 heterocycles. The van der Waals surface area contributed by atoms with Gasteiger partial charge in [0.05, 0.1) is 21.5 Å². The van der Waals surface area contributed by atoms with Crippen LogP contribution in [0.2, 0.25) is 0 Å². The van der Waals surface area contributed by atoms with Crippen molar-refractivity contribution in [2.24, 2.45) is 0 Å². The van der Waals surface area contributed by atoms with E-state index >= 15 is 0 Å². The molecule has 1 aromatic heterocycles. The van der Waals surface area contributed by atoms with Gasteiger partial charge in [0.2, 0.25) is 0 Å². The molecule has 0 aliphatic carbocycles. The highest BCUT2D eigenvalue weighted by atomic mass is 79.9. The molecule has 106 valence electrons. The number of anilines is 2. The molecule has 3 aromatic rings. The summed E-state index contributed by atoms with van der Waals surface area (Å²) in [5.41, 5.74) is 6.49. The molecular formula is C14H9BrFN3OS. The Hall–Kier alpha value is -1.99. The van der Waals surface area contributed by atoms with Crippen molar-refractivity contribution in [1.82, 2.24) is 4.98 Å². The van der Waals surface area contributed by atoms with Gasteiger partial charge in [0.25, 0.3) is 5.91 Å². The van der Waals surface area contributed by atoms with E-state index in [1.165, 1.54) is 23.5 Å². The van der Waals surface area contributed by atoms with E-state index in [1.54, 1.807) is 0 Å². The molecule has 0 bridgehead atoms. The maximum Gasteiger partial charge on any atom is 0.258 e. The van der Waals surface area contributed by atoms with E-state index < -0.39 is 11.7 Å². The lowest BCUT2D eigenvalue weighted by Crippen LogP contribution is -2.13. The van der Waals surface area contributed by atoms with Crippen LogP contribution in [0.3, 0.4) is 0 Å². The van der Waals surface area contributed by atoms with Crippen LogP contribution in [-0.4, -0.2) is 10.9 Å². The molecule has 0 unspecified atom stereocenters. The number of hydrogen-bond donors (Lipinski definition) is 2. The number of nitrogens with one attached hydrogen (secondary N) is 1. The molecule has 0 aliphatic rings. The molecule has 0 fully saturated rings. The predicted octanol–water partition coefficient (Wildman–Crippen LogP) is 4.03. The largest absolute Gasteiger partial charge is 0.396 e. The molecule has 0 saturated heterocycles. The van der Waals surface area contributed by atoms with E-state index in [9.17, 15) is 9.18 Å². The van der Waals surface area contributed by atoms with Crippen molar-refractivity contribution in [2.75, 3.05) is 11.1 Å². The molecule has 2 aromatic carbocycles. The zero-order chi connectivity index (χ0) is 15.0. The third kappa shape index (κ3) is 2.74. The number of nitrogens with zero attached hydrogens (tertiary/aromatic N) is 1. The molecule has 4 nitrogen and oxygen atoms in total. The minimum absolute atomic E-state index is 0.0763. The van der Waals surface area contributed by atoms with E-state index in [1.807, 2.05) is 24.3 Å². The number of nitrogen functional groups attached to an aromatic ring is 1. The van der Waals surface area contributed by atoms with Crippen molar-refractivity contribution in [2.45, 2.75) is 0 Å². The fraction of sp³-hybridized carbons (Fsp3) is 0. The highest BCUT2D eigenvalue weighted by Crippen LogP contribution is 2.27. The number of rotatable bonds is 2. The fourth-order valence-corrected chi connectivity index (χ4v) is 3.19. The monoisotopic (exact) mass is 365 g/mol. The highest BCUT2D eigenvalue weighted by Gasteiger charge is 2.15.